The normalized spacial score (nSPS) is 10.7. The molecule has 0 aliphatic heterocycles. The highest BCUT2D eigenvalue weighted by atomic mass is 79.9. The van der Waals surface area contributed by atoms with Gasteiger partial charge in [-0.1, -0.05) is 12.1 Å². The van der Waals surface area contributed by atoms with Gasteiger partial charge in [-0.15, -0.1) is 0 Å². The van der Waals surface area contributed by atoms with Crippen molar-refractivity contribution in [1.82, 2.24) is 9.97 Å². The molecule has 0 atom stereocenters. The molecule has 0 saturated carbocycles. The molecule has 0 saturated heterocycles. The van der Waals surface area contributed by atoms with Crippen molar-refractivity contribution in [1.29, 1.82) is 0 Å². The van der Waals surface area contributed by atoms with Crippen LogP contribution in [0.3, 0.4) is 0 Å². The van der Waals surface area contributed by atoms with Gasteiger partial charge < -0.3 is 14.5 Å². The fourth-order valence-corrected chi connectivity index (χ4v) is 2.87. The predicted molar refractivity (Wildman–Crippen MR) is 93.2 cm³/mol. The van der Waals surface area contributed by atoms with Crippen LogP contribution in [-0.2, 0) is 0 Å². The Morgan fingerprint density at radius 1 is 1.22 bits per heavy atom. The molecule has 23 heavy (non-hydrogen) atoms. The summed E-state index contributed by atoms with van der Waals surface area (Å²) < 4.78 is 11.7. The second kappa shape index (κ2) is 6.42. The number of aromatic amines is 1. The van der Waals surface area contributed by atoms with Crippen LogP contribution in [0.5, 0.6) is 11.5 Å². The number of hydrogen-bond donors (Lipinski definition) is 1. The summed E-state index contributed by atoms with van der Waals surface area (Å²) in [5.41, 5.74) is 1.20. The average molecular weight is 375 g/mol. The number of nitrogens with zero attached hydrogens (tertiary/aromatic N) is 1. The first-order valence-corrected chi connectivity index (χ1v) is 7.93. The largest absolute Gasteiger partial charge is 0.493 e. The van der Waals surface area contributed by atoms with Gasteiger partial charge in [-0.2, -0.15) is 0 Å². The number of fused-ring (bicyclic) bond motifs is 1. The molecular weight excluding hydrogens is 360 g/mol. The van der Waals surface area contributed by atoms with Crippen molar-refractivity contribution in [2.75, 3.05) is 13.7 Å². The van der Waals surface area contributed by atoms with E-state index in [4.69, 9.17) is 9.47 Å². The minimum absolute atomic E-state index is 0.176. The molecule has 0 spiro atoms. The molecule has 0 aliphatic carbocycles. The Bertz CT molecular complexity index is 921. The van der Waals surface area contributed by atoms with Gasteiger partial charge in [-0.3, -0.25) is 4.79 Å². The van der Waals surface area contributed by atoms with Gasteiger partial charge in [-0.05, 0) is 47.1 Å². The first-order chi connectivity index (χ1) is 11.1. The molecule has 6 heteroatoms. The van der Waals surface area contributed by atoms with Crippen LogP contribution >= 0.6 is 15.9 Å². The first-order valence-electron chi connectivity index (χ1n) is 7.13. The fourth-order valence-electron chi connectivity index (χ4n) is 2.36. The first kappa shape index (κ1) is 15.6. The van der Waals surface area contributed by atoms with E-state index in [9.17, 15) is 4.79 Å². The van der Waals surface area contributed by atoms with Gasteiger partial charge in [0.05, 0.1) is 24.6 Å². The van der Waals surface area contributed by atoms with Crippen molar-refractivity contribution in [3.63, 3.8) is 0 Å². The minimum Gasteiger partial charge on any atom is -0.493 e. The van der Waals surface area contributed by atoms with Crippen molar-refractivity contribution in [3.8, 4) is 22.9 Å². The molecule has 0 radical (unpaired) electrons. The quantitative estimate of drug-likeness (QED) is 0.754. The van der Waals surface area contributed by atoms with E-state index in [0.717, 1.165) is 10.0 Å². The zero-order chi connectivity index (χ0) is 16.4. The Hall–Kier alpha value is -2.34. The molecule has 0 bridgehead atoms. The van der Waals surface area contributed by atoms with Crippen LogP contribution in [0.15, 0.2) is 45.7 Å². The summed E-state index contributed by atoms with van der Waals surface area (Å²) in [5.74, 6) is 1.69. The highest BCUT2D eigenvalue weighted by Crippen LogP contribution is 2.37. The van der Waals surface area contributed by atoms with Crippen LogP contribution in [-0.4, -0.2) is 23.7 Å². The van der Waals surface area contributed by atoms with Crippen LogP contribution in [0.1, 0.15) is 6.92 Å². The zero-order valence-corrected chi connectivity index (χ0v) is 14.3. The molecule has 0 unspecified atom stereocenters. The third-order valence-corrected chi connectivity index (χ3v) is 4.08. The van der Waals surface area contributed by atoms with Crippen molar-refractivity contribution >= 4 is 26.8 Å². The van der Waals surface area contributed by atoms with E-state index in [1.807, 2.05) is 31.2 Å². The predicted octanol–water partition coefficient (Wildman–Crippen LogP) is 3.76. The molecule has 3 rings (SSSR count). The number of para-hydroxylation sites is 1. The van der Waals surface area contributed by atoms with E-state index in [1.165, 1.54) is 0 Å². The molecule has 0 amide bonds. The number of ether oxygens (including phenoxy) is 2. The molecule has 0 aliphatic rings. The Labute approximate surface area is 141 Å². The van der Waals surface area contributed by atoms with E-state index in [0.29, 0.717) is 34.8 Å². The molecule has 1 aromatic heterocycles. The second-order valence-corrected chi connectivity index (χ2v) is 5.70. The fraction of sp³-hybridized carbons (Fsp3) is 0.176. The van der Waals surface area contributed by atoms with E-state index < -0.39 is 0 Å². The highest BCUT2D eigenvalue weighted by molar-refractivity contribution is 9.10. The van der Waals surface area contributed by atoms with Crippen molar-refractivity contribution < 1.29 is 9.47 Å². The zero-order valence-electron chi connectivity index (χ0n) is 12.7. The molecule has 1 N–H and O–H groups in total. The van der Waals surface area contributed by atoms with Crippen LogP contribution in [0, 0.1) is 0 Å². The second-order valence-electron chi connectivity index (χ2n) is 4.85. The maximum atomic E-state index is 12.2. The Morgan fingerprint density at radius 2 is 2.00 bits per heavy atom. The lowest BCUT2D eigenvalue weighted by molar-refractivity contribution is 0.311. The summed E-state index contributed by atoms with van der Waals surface area (Å²) in [6, 6.07) is 10.8. The maximum Gasteiger partial charge on any atom is 0.259 e. The van der Waals surface area contributed by atoms with Gasteiger partial charge in [0.1, 0.15) is 5.82 Å². The summed E-state index contributed by atoms with van der Waals surface area (Å²) in [6.45, 7) is 2.44. The monoisotopic (exact) mass is 374 g/mol. The van der Waals surface area contributed by atoms with Crippen LogP contribution < -0.4 is 15.0 Å². The number of benzene rings is 2. The molecular formula is C17H15BrN2O3. The van der Waals surface area contributed by atoms with Gasteiger partial charge in [-0.25, -0.2) is 4.98 Å². The van der Waals surface area contributed by atoms with Crippen LogP contribution in [0.25, 0.3) is 22.3 Å². The lowest BCUT2D eigenvalue weighted by atomic mass is 10.1. The smallest absolute Gasteiger partial charge is 0.259 e. The number of halogens is 1. The van der Waals surface area contributed by atoms with Gasteiger partial charge in [0.15, 0.2) is 11.5 Å². The minimum atomic E-state index is -0.176. The number of hydrogen-bond acceptors (Lipinski definition) is 4. The summed E-state index contributed by atoms with van der Waals surface area (Å²) in [7, 11) is 1.58. The molecule has 0 fully saturated rings. The third kappa shape index (κ3) is 2.94. The molecule has 118 valence electrons. The third-order valence-electron chi connectivity index (χ3n) is 3.42. The lowest BCUT2D eigenvalue weighted by Gasteiger charge is -2.13. The van der Waals surface area contributed by atoms with Crippen LogP contribution in [0.4, 0.5) is 0 Å². The molecule has 1 heterocycles. The van der Waals surface area contributed by atoms with Gasteiger partial charge >= 0.3 is 0 Å². The maximum absolute atomic E-state index is 12.2. The molecule has 5 nitrogen and oxygen atoms in total. The summed E-state index contributed by atoms with van der Waals surface area (Å²) >= 11 is 3.51. The lowest BCUT2D eigenvalue weighted by Crippen LogP contribution is -2.09. The Kier molecular flexibility index (Phi) is 4.34. The Balaban J connectivity index is 2.20. The summed E-state index contributed by atoms with van der Waals surface area (Å²) in [5, 5.41) is 0.560. The topological polar surface area (TPSA) is 64.2 Å². The number of nitrogens with one attached hydrogen (secondary N) is 1. The van der Waals surface area contributed by atoms with E-state index in [2.05, 4.69) is 25.9 Å². The average Bonchev–Trinajstić information content (AvgIpc) is 2.55. The number of rotatable bonds is 4. The van der Waals surface area contributed by atoms with E-state index >= 15 is 0 Å². The summed E-state index contributed by atoms with van der Waals surface area (Å²) in [6.07, 6.45) is 0. The van der Waals surface area contributed by atoms with E-state index in [-0.39, 0.29) is 5.56 Å². The van der Waals surface area contributed by atoms with Gasteiger partial charge in [0.25, 0.3) is 5.56 Å². The SMILES string of the molecule is CCOc1cc(Br)c(-c2nc3ccccc3c(=O)[nH]2)cc1OC. The van der Waals surface area contributed by atoms with Gasteiger partial charge in [0, 0.05) is 10.0 Å². The number of aromatic nitrogens is 2. The number of H-pyrrole nitrogens is 1. The van der Waals surface area contributed by atoms with Crippen LogP contribution in [0.2, 0.25) is 0 Å². The summed E-state index contributed by atoms with van der Waals surface area (Å²) in [4.78, 5) is 19.6. The highest BCUT2D eigenvalue weighted by Gasteiger charge is 2.14. The van der Waals surface area contributed by atoms with Crippen molar-refractivity contribution in [3.05, 3.63) is 51.2 Å². The Morgan fingerprint density at radius 3 is 2.74 bits per heavy atom. The molecule has 3 aromatic rings. The number of methoxy groups -OCH3 is 1. The van der Waals surface area contributed by atoms with Crippen molar-refractivity contribution in [2.45, 2.75) is 6.92 Å². The van der Waals surface area contributed by atoms with Gasteiger partial charge in [0.2, 0.25) is 0 Å². The van der Waals surface area contributed by atoms with Crippen molar-refractivity contribution in [2.24, 2.45) is 0 Å². The van der Waals surface area contributed by atoms with E-state index in [1.54, 1.807) is 19.2 Å². The standard InChI is InChI=1S/C17H15BrN2O3/c1-3-23-15-9-12(18)11(8-14(15)22-2)16-19-13-7-5-4-6-10(13)17(21)20-16/h4-9H,3H2,1-2H3,(H,19,20,21). The molecule has 2 aromatic carbocycles.